The standard InChI is InChI=1S/C11H14N2O2.C6H7NO2S/c14-11(13-6-8-15-9-7-13)12-10-4-2-1-3-5-10;7-10(8,9)6-4-2-1-3-5-6/h1-5H,6-9H2,(H,12,14);1-5H,(H2,7,8,9). The molecule has 0 atom stereocenters. The zero-order valence-corrected chi connectivity index (χ0v) is 14.5. The van der Waals surface area contributed by atoms with Gasteiger partial charge in [-0.05, 0) is 24.3 Å². The third kappa shape index (κ3) is 6.54. The summed E-state index contributed by atoms with van der Waals surface area (Å²) in [6.45, 7) is 2.59. The summed E-state index contributed by atoms with van der Waals surface area (Å²) in [6.07, 6.45) is 0. The molecule has 3 rings (SSSR count). The van der Waals surface area contributed by atoms with Crippen molar-refractivity contribution in [3.8, 4) is 0 Å². The minimum Gasteiger partial charge on any atom is -0.378 e. The van der Waals surface area contributed by atoms with Gasteiger partial charge >= 0.3 is 6.03 Å². The van der Waals surface area contributed by atoms with Crippen LogP contribution in [-0.2, 0) is 14.8 Å². The van der Waals surface area contributed by atoms with Crippen LogP contribution in [-0.4, -0.2) is 45.7 Å². The van der Waals surface area contributed by atoms with Gasteiger partial charge in [0.25, 0.3) is 0 Å². The Morgan fingerprint density at radius 2 is 1.48 bits per heavy atom. The van der Waals surface area contributed by atoms with Crippen LogP contribution in [0.1, 0.15) is 0 Å². The number of benzene rings is 2. The Bertz CT molecular complexity index is 761. The van der Waals surface area contributed by atoms with E-state index in [2.05, 4.69) is 5.32 Å². The van der Waals surface area contributed by atoms with Crippen LogP contribution in [0.25, 0.3) is 0 Å². The number of primary sulfonamides is 1. The van der Waals surface area contributed by atoms with E-state index in [4.69, 9.17) is 9.88 Å². The van der Waals surface area contributed by atoms with Gasteiger partial charge in [0.2, 0.25) is 10.0 Å². The molecule has 7 nitrogen and oxygen atoms in total. The highest BCUT2D eigenvalue weighted by atomic mass is 32.2. The van der Waals surface area contributed by atoms with Gasteiger partial charge in [-0.1, -0.05) is 36.4 Å². The first-order valence-electron chi connectivity index (χ1n) is 7.73. The Kier molecular flexibility index (Phi) is 6.93. The number of carbonyl (C=O) groups excluding carboxylic acids is 1. The average molecular weight is 363 g/mol. The van der Waals surface area contributed by atoms with E-state index >= 15 is 0 Å². The van der Waals surface area contributed by atoms with E-state index in [0.29, 0.717) is 26.3 Å². The van der Waals surface area contributed by atoms with Gasteiger partial charge in [-0.15, -0.1) is 0 Å². The van der Waals surface area contributed by atoms with E-state index < -0.39 is 10.0 Å². The van der Waals surface area contributed by atoms with Crippen LogP contribution < -0.4 is 10.5 Å². The van der Waals surface area contributed by atoms with Crippen LogP contribution in [0.4, 0.5) is 10.5 Å². The van der Waals surface area contributed by atoms with Gasteiger partial charge in [0.05, 0.1) is 18.1 Å². The lowest BCUT2D eigenvalue weighted by atomic mass is 10.3. The summed E-state index contributed by atoms with van der Waals surface area (Å²) in [4.78, 5) is 13.6. The third-order valence-corrected chi connectivity index (χ3v) is 4.32. The van der Waals surface area contributed by atoms with Crippen LogP contribution in [0.5, 0.6) is 0 Å². The van der Waals surface area contributed by atoms with Crippen molar-refractivity contribution >= 4 is 21.7 Å². The summed E-state index contributed by atoms with van der Waals surface area (Å²) in [7, 11) is -3.50. The number of morpholine rings is 1. The number of nitrogens with two attached hydrogens (primary N) is 1. The summed E-state index contributed by atoms with van der Waals surface area (Å²) in [5, 5.41) is 7.67. The van der Waals surface area contributed by atoms with Gasteiger partial charge in [-0.25, -0.2) is 18.4 Å². The molecule has 0 saturated carbocycles. The van der Waals surface area contributed by atoms with E-state index in [0.717, 1.165) is 5.69 Å². The number of nitrogens with one attached hydrogen (secondary N) is 1. The molecular weight excluding hydrogens is 342 g/mol. The molecule has 1 aliphatic heterocycles. The molecule has 0 bridgehead atoms. The predicted octanol–water partition coefficient (Wildman–Crippen LogP) is 1.88. The third-order valence-electron chi connectivity index (χ3n) is 3.40. The van der Waals surface area contributed by atoms with E-state index in [-0.39, 0.29) is 10.9 Å². The molecule has 3 N–H and O–H groups in total. The molecule has 2 aromatic carbocycles. The van der Waals surface area contributed by atoms with Crippen LogP contribution in [0.2, 0.25) is 0 Å². The second kappa shape index (κ2) is 9.16. The Balaban J connectivity index is 0.000000196. The molecule has 0 aromatic heterocycles. The van der Waals surface area contributed by atoms with Crippen molar-refractivity contribution in [1.82, 2.24) is 4.90 Å². The first-order chi connectivity index (χ1) is 12.0. The molecule has 2 amide bonds. The summed E-state index contributed by atoms with van der Waals surface area (Å²) in [5.74, 6) is 0. The lowest BCUT2D eigenvalue weighted by molar-refractivity contribution is 0.0564. The second-order valence-electron chi connectivity index (χ2n) is 5.25. The highest BCUT2D eigenvalue weighted by Crippen LogP contribution is 2.07. The largest absolute Gasteiger partial charge is 0.378 e. The fourth-order valence-corrected chi connectivity index (χ4v) is 2.64. The van der Waals surface area contributed by atoms with Crippen molar-refractivity contribution in [1.29, 1.82) is 0 Å². The fourth-order valence-electron chi connectivity index (χ4n) is 2.10. The van der Waals surface area contributed by atoms with Crippen molar-refractivity contribution < 1.29 is 17.9 Å². The number of para-hydroxylation sites is 1. The quantitative estimate of drug-likeness (QED) is 0.850. The Morgan fingerprint density at radius 3 is 1.96 bits per heavy atom. The molecule has 0 radical (unpaired) electrons. The molecule has 134 valence electrons. The molecular formula is C17H21N3O4S. The molecule has 1 fully saturated rings. The van der Waals surface area contributed by atoms with E-state index in [1.54, 1.807) is 23.1 Å². The number of hydrogen-bond acceptors (Lipinski definition) is 4. The summed E-state index contributed by atoms with van der Waals surface area (Å²) in [5.41, 5.74) is 0.828. The average Bonchev–Trinajstić information content (AvgIpc) is 2.64. The molecule has 1 saturated heterocycles. The number of nitrogens with zero attached hydrogens (tertiary/aromatic N) is 1. The maximum Gasteiger partial charge on any atom is 0.321 e. The highest BCUT2D eigenvalue weighted by Gasteiger charge is 2.16. The number of rotatable bonds is 2. The van der Waals surface area contributed by atoms with Gasteiger partial charge in [0.1, 0.15) is 0 Å². The summed E-state index contributed by atoms with van der Waals surface area (Å²) >= 11 is 0. The molecule has 0 spiro atoms. The number of amides is 2. The Labute approximate surface area is 147 Å². The fraction of sp³-hybridized carbons (Fsp3) is 0.235. The number of sulfonamides is 1. The molecule has 0 aliphatic carbocycles. The normalized spacial score (nSPS) is 14.2. The monoisotopic (exact) mass is 363 g/mol. The Hall–Kier alpha value is -2.42. The number of carbonyl (C=O) groups is 1. The van der Waals surface area contributed by atoms with Crippen LogP contribution in [0.15, 0.2) is 65.6 Å². The number of hydrogen-bond donors (Lipinski definition) is 2. The van der Waals surface area contributed by atoms with Crippen molar-refractivity contribution in [2.75, 3.05) is 31.6 Å². The maximum absolute atomic E-state index is 11.7. The van der Waals surface area contributed by atoms with Crippen LogP contribution >= 0.6 is 0 Å². The Morgan fingerprint density at radius 1 is 0.960 bits per heavy atom. The van der Waals surface area contributed by atoms with Crippen molar-refractivity contribution in [3.05, 3.63) is 60.7 Å². The molecule has 1 aliphatic rings. The van der Waals surface area contributed by atoms with E-state index in [1.807, 2.05) is 30.3 Å². The van der Waals surface area contributed by atoms with Gasteiger partial charge in [-0.3, -0.25) is 0 Å². The van der Waals surface area contributed by atoms with Gasteiger partial charge in [0, 0.05) is 18.8 Å². The van der Waals surface area contributed by atoms with Crippen LogP contribution in [0, 0.1) is 0 Å². The predicted molar refractivity (Wildman–Crippen MR) is 95.7 cm³/mol. The first kappa shape index (κ1) is 18.9. The summed E-state index contributed by atoms with van der Waals surface area (Å²) < 4.78 is 26.4. The lowest BCUT2D eigenvalue weighted by Crippen LogP contribution is -2.43. The summed E-state index contributed by atoms with van der Waals surface area (Å²) in [6, 6.07) is 17.3. The van der Waals surface area contributed by atoms with Crippen LogP contribution in [0.3, 0.4) is 0 Å². The first-order valence-corrected chi connectivity index (χ1v) is 9.28. The van der Waals surface area contributed by atoms with Crippen molar-refractivity contribution in [2.45, 2.75) is 4.90 Å². The van der Waals surface area contributed by atoms with Gasteiger partial charge in [0.15, 0.2) is 0 Å². The maximum atomic E-state index is 11.7. The van der Waals surface area contributed by atoms with E-state index in [1.165, 1.54) is 12.1 Å². The minimum atomic E-state index is -3.50. The van der Waals surface area contributed by atoms with Gasteiger partial charge in [-0.2, -0.15) is 0 Å². The molecule has 1 heterocycles. The molecule has 2 aromatic rings. The number of ether oxygens (including phenoxy) is 1. The van der Waals surface area contributed by atoms with E-state index in [9.17, 15) is 13.2 Å². The highest BCUT2D eigenvalue weighted by molar-refractivity contribution is 7.89. The molecule has 25 heavy (non-hydrogen) atoms. The number of urea groups is 1. The SMILES string of the molecule is NS(=O)(=O)c1ccccc1.O=C(Nc1ccccc1)N1CCOCC1. The van der Waals surface area contributed by atoms with Crippen molar-refractivity contribution in [3.63, 3.8) is 0 Å². The molecule has 0 unspecified atom stereocenters. The van der Waals surface area contributed by atoms with Crippen molar-refractivity contribution in [2.24, 2.45) is 5.14 Å². The zero-order chi connectivity index (χ0) is 18.1. The number of anilines is 1. The zero-order valence-electron chi connectivity index (χ0n) is 13.7. The smallest absolute Gasteiger partial charge is 0.321 e. The lowest BCUT2D eigenvalue weighted by Gasteiger charge is -2.26. The molecule has 8 heteroatoms. The van der Waals surface area contributed by atoms with Gasteiger partial charge < -0.3 is 15.0 Å². The minimum absolute atomic E-state index is 0.0514. The second-order valence-corrected chi connectivity index (χ2v) is 6.82. The topological polar surface area (TPSA) is 102 Å².